The monoisotopic (exact) mass is 276 g/mol. The van der Waals surface area contributed by atoms with Gasteiger partial charge < -0.3 is 5.32 Å². The third-order valence-corrected chi connectivity index (χ3v) is 3.01. The van der Waals surface area contributed by atoms with Crippen molar-refractivity contribution < 1.29 is 18.8 Å². The number of aromatic nitrogens is 2. The van der Waals surface area contributed by atoms with E-state index in [1.165, 1.54) is 18.2 Å². The molecule has 0 radical (unpaired) electrons. The lowest BCUT2D eigenvalue weighted by Crippen LogP contribution is -2.40. The maximum absolute atomic E-state index is 13.2. The minimum absolute atomic E-state index is 0.0216. The van der Waals surface area contributed by atoms with Crippen LogP contribution in [0.1, 0.15) is 16.9 Å². The molecular weight excluding hydrogens is 267 g/mol. The molecule has 2 heterocycles. The van der Waals surface area contributed by atoms with Crippen LogP contribution >= 0.6 is 0 Å². The summed E-state index contributed by atoms with van der Waals surface area (Å²) >= 11 is 0. The highest BCUT2D eigenvalue weighted by Gasteiger charge is 2.32. The molecule has 3 rings (SSSR count). The topological polar surface area (TPSA) is 104 Å². The highest BCUT2D eigenvalue weighted by molar-refractivity contribution is 6.10. The maximum atomic E-state index is 13.2. The SMILES string of the molecule is O=C1CC(NC(=O)c2n[nH]c3ccc(F)cc23)C(=O)N1. The molecule has 0 saturated carbocycles. The molecule has 2 aromatic rings. The van der Waals surface area contributed by atoms with E-state index in [1.54, 1.807) is 0 Å². The van der Waals surface area contributed by atoms with E-state index in [4.69, 9.17) is 0 Å². The number of nitrogens with one attached hydrogen (secondary N) is 3. The summed E-state index contributed by atoms with van der Waals surface area (Å²) in [4.78, 5) is 34.4. The molecule has 0 bridgehead atoms. The van der Waals surface area contributed by atoms with Crippen molar-refractivity contribution >= 4 is 28.6 Å². The molecule has 1 saturated heterocycles. The summed E-state index contributed by atoms with van der Waals surface area (Å²) < 4.78 is 13.2. The summed E-state index contributed by atoms with van der Waals surface area (Å²) in [5, 5.41) is 11.2. The summed E-state index contributed by atoms with van der Waals surface area (Å²) in [6.45, 7) is 0. The number of benzene rings is 1. The van der Waals surface area contributed by atoms with Crippen LogP contribution in [0.5, 0.6) is 0 Å². The Kier molecular flexibility index (Phi) is 2.70. The van der Waals surface area contributed by atoms with Crippen LogP contribution in [-0.4, -0.2) is 34.0 Å². The number of carbonyl (C=O) groups excluding carboxylic acids is 3. The van der Waals surface area contributed by atoms with E-state index in [0.717, 1.165) is 0 Å². The quantitative estimate of drug-likeness (QED) is 0.663. The van der Waals surface area contributed by atoms with Gasteiger partial charge in [0.15, 0.2) is 5.69 Å². The zero-order valence-electron chi connectivity index (χ0n) is 10.1. The van der Waals surface area contributed by atoms with Crippen molar-refractivity contribution in [1.82, 2.24) is 20.8 Å². The van der Waals surface area contributed by atoms with Crippen LogP contribution in [-0.2, 0) is 9.59 Å². The molecule has 8 heteroatoms. The van der Waals surface area contributed by atoms with Crippen LogP contribution in [0.2, 0.25) is 0 Å². The van der Waals surface area contributed by atoms with Gasteiger partial charge in [0.25, 0.3) is 5.91 Å². The first-order valence-electron chi connectivity index (χ1n) is 5.83. The molecule has 1 aromatic carbocycles. The first-order chi connectivity index (χ1) is 9.54. The van der Waals surface area contributed by atoms with Gasteiger partial charge in [0.2, 0.25) is 11.8 Å². The number of carbonyl (C=O) groups is 3. The molecule has 1 aromatic heterocycles. The van der Waals surface area contributed by atoms with Gasteiger partial charge in [0.1, 0.15) is 11.9 Å². The van der Waals surface area contributed by atoms with Gasteiger partial charge in [-0.1, -0.05) is 0 Å². The fraction of sp³-hybridized carbons (Fsp3) is 0.167. The van der Waals surface area contributed by atoms with E-state index in [1.807, 2.05) is 0 Å². The average molecular weight is 276 g/mol. The Morgan fingerprint density at radius 1 is 1.40 bits per heavy atom. The normalized spacial score (nSPS) is 18.4. The molecule has 1 unspecified atom stereocenters. The number of fused-ring (bicyclic) bond motifs is 1. The van der Waals surface area contributed by atoms with Crippen molar-refractivity contribution in [2.24, 2.45) is 0 Å². The Morgan fingerprint density at radius 2 is 2.20 bits per heavy atom. The van der Waals surface area contributed by atoms with Crippen molar-refractivity contribution in [3.05, 3.63) is 29.7 Å². The predicted octanol–water partition coefficient (Wildman–Crippen LogP) is -0.153. The second-order valence-electron chi connectivity index (χ2n) is 4.40. The molecule has 7 nitrogen and oxygen atoms in total. The van der Waals surface area contributed by atoms with Crippen LogP contribution in [0, 0.1) is 5.82 Å². The van der Waals surface area contributed by atoms with Crippen molar-refractivity contribution in [2.45, 2.75) is 12.5 Å². The number of hydrogen-bond donors (Lipinski definition) is 3. The summed E-state index contributed by atoms with van der Waals surface area (Å²) in [5.41, 5.74) is 0.482. The zero-order valence-corrected chi connectivity index (χ0v) is 10.1. The molecule has 3 amide bonds. The second-order valence-corrected chi connectivity index (χ2v) is 4.40. The third-order valence-electron chi connectivity index (χ3n) is 3.01. The Bertz CT molecular complexity index is 739. The minimum Gasteiger partial charge on any atom is -0.338 e. The van der Waals surface area contributed by atoms with E-state index in [0.29, 0.717) is 10.9 Å². The first kappa shape index (κ1) is 12.3. The van der Waals surface area contributed by atoms with E-state index in [9.17, 15) is 18.8 Å². The summed E-state index contributed by atoms with van der Waals surface area (Å²) in [6.07, 6.45) is -0.110. The lowest BCUT2D eigenvalue weighted by atomic mass is 10.2. The van der Waals surface area contributed by atoms with E-state index >= 15 is 0 Å². The molecule has 3 N–H and O–H groups in total. The van der Waals surface area contributed by atoms with Gasteiger partial charge >= 0.3 is 0 Å². The number of rotatable bonds is 2. The van der Waals surface area contributed by atoms with Gasteiger partial charge in [0.05, 0.1) is 11.9 Å². The van der Waals surface area contributed by atoms with Crippen LogP contribution in [0.15, 0.2) is 18.2 Å². The lowest BCUT2D eigenvalue weighted by Gasteiger charge is -2.07. The Morgan fingerprint density at radius 3 is 2.90 bits per heavy atom. The lowest BCUT2D eigenvalue weighted by molar-refractivity contribution is -0.125. The van der Waals surface area contributed by atoms with Gasteiger partial charge in [-0.25, -0.2) is 4.39 Å². The van der Waals surface area contributed by atoms with Gasteiger partial charge in [0, 0.05) is 5.39 Å². The van der Waals surface area contributed by atoms with Crippen LogP contribution in [0.25, 0.3) is 10.9 Å². The van der Waals surface area contributed by atoms with E-state index in [2.05, 4.69) is 20.8 Å². The highest BCUT2D eigenvalue weighted by Crippen LogP contribution is 2.17. The van der Waals surface area contributed by atoms with Gasteiger partial charge in [-0.15, -0.1) is 0 Å². The van der Waals surface area contributed by atoms with Crippen LogP contribution in [0.4, 0.5) is 4.39 Å². The first-order valence-corrected chi connectivity index (χ1v) is 5.83. The summed E-state index contributed by atoms with van der Waals surface area (Å²) in [7, 11) is 0. The fourth-order valence-corrected chi connectivity index (χ4v) is 2.06. The molecule has 1 aliphatic rings. The van der Waals surface area contributed by atoms with E-state index in [-0.39, 0.29) is 12.1 Å². The molecule has 1 atom stereocenters. The van der Waals surface area contributed by atoms with Gasteiger partial charge in [-0.2, -0.15) is 5.10 Å². The average Bonchev–Trinajstić information content (AvgIpc) is 2.93. The Labute approximate surface area is 111 Å². The number of aromatic amines is 1. The molecule has 0 aliphatic carbocycles. The van der Waals surface area contributed by atoms with Crippen LogP contribution in [0.3, 0.4) is 0 Å². The standard InChI is InChI=1S/C12H9FN4O3/c13-5-1-2-7-6(3-5)10(17-16-7)12(20)14-8-4-9(18)15-11(8)19/h1-3,8H,4H2,(H,14,20)(H,16,17)(H,15,18,19). The van der Waals surface area contributed by atoms with Crippen molar-refractivity contribution in [2.75, 3.05) is 0 Å². The molecule has 20 heavy (non-hydrogen) atoms. The zero-order chi connectivity index (χ0) is 14.3. The minimum atomic E-state index is -0.921. The van der Waals surface area contributed by atoms with Crippen LogP contribution < -0.4 is 10.6 Å². The number of nitrogens with zero attached hydrogens (tertiary/aromatic N) is 1. The molecular formula is C12H9FN4O3. The largest absolute Gasteiger partial charge is 0.338 e. The summed E-state index contributed by atoms with van der Waals surface area (Å²) in [6, 6.07) is 2.95. The molecule has 1 fully saturated rings. The van der Waals surface area contributed by atoms with Crippen molar-refractivity contribution in [3.8, 4) is 0 Å². The number of H-pyrrole nitrogens is 1. The molecule has 102 valence electrons. The summed E-state index contributed by atoms with van der Waals surface area (Å²) in [5.74, 6) is -2.15. The number of amides is 3. The third kappa shape index (κ3) is 2.00. The van der Waals surface area contributed by atoms with E-state index < -0.39 is 29.6 Å². The Hall–Kier alpha value is -2.77. The predicted molar refractivity (Wildman–Crippen MR) is 65.1 cm³/mol. The second kappa shape index (κ2) is 4.41. The van der Waals surface area contributed by atoms with Crippen molar-refractivity contribution in [3.63, 3.8) is 0 Å². The smallest absolute Gasteiger partial charge is 0.273 e. The number of halogens is 1. The Balaban J connectivity index is 1.87. The highest BCUT2D eigenvalue weighted by atomic mass is 19.1. The maximum Gasteiger partial charge on any atom is 0.273 e. The molecule has 0 spiro atoms. The number of imide groups is 1. The van der Waals surface area contributed by atoms with Gasteiger partial charge in [-0.05, 0) is 18.2 Å². The van der Waals surface area contributed by atoms with Gasteiger partial charge in [-0.3, -0.25) is 24.8 Å². The van der Waals surface area contributed by atoms with Crippen molar-refractivity contribution in [1.29, 1.82) is 0 Å². The fourth-order valence-electron chi connectivity index (χ4n) is 2.06. The molecule has 1 aliphatic heterocycles. The number of hydrogen-bond acceptors (Lipinski definition) is 4.